The second-order valence-electron chi connectivity index (χ2n) is 7.94. The van der Waals surface area contributed by atoms with Gasteiger partial charge < -0.3 is 0 Å². The molecule has 0 N–H and O–H groups in total. The number of nitrogens with zero attached hydrogens (tertiary/aromatic N) is 2. The molecule has 22 heavy (non-hydrogen) atoms. The normalized spacial score (nSPS) is 12.6. The van der Waals surface area contributed by atoms with Crippen molar-refractivity contribution >= 4 is 0 Å². The molecule has 0 aliphatic rings. The van der Waals surface area contributed by atoms with Gasteiger partial charge in [-0.1, -0.05) is 80.1 Å². The first-order valence-electron chi connectivity index (χ1n) is 9.17. The first-order valence-corrected chi connectivity index (χ1v) is 9.17. The van der Waals surface area contributed by atoms with E-state index in [1.807, 2.05) is 12.4 Å². The zero-order valence-corrected chi connectivity index (χ0v) is 15.7. The highest BCUT2D eigenvalue weighted by Crippen LogP contribution is 2.36. The molecule has 0 radical (unpaired) electrons. The summed E-state index contributed by atoms with van der Waals surface area (Å²) < 4.78 is 0. The van der Waals surface area contributed by atoms with Crippen LogP contribution in [0, 0.1) is 0 Å². The van der Waals surface area contributed by atoms with Gasteiger partial charge in [0.1, 0.15) is 0 Å². The lowest BCUT2D eigenvalue weighted by molar-refractivity contribution is 0.391. The lowest BCUT2D eigenvalue weighted by atomic mass is 9.75. The van der Waals surface area contributed by atoms with Gasteiger partial charge in [0, 0.05) is 23.2 Å². The Morgan fingerprint density at radius 1 is 0.682 bits per heavy atom. The molecule has 2 heteroatoms. The van der Waals surface area contributed by atoms with Gasteiger partial charge in [-0.25, -0.2) is 0 Å². The zero-order chi connectivity index (χ0) is 16.6. The Kier molecular flexibility index (Phi) is 7.52. The fraction of sp³-hybridized carbons (Fsp3) is 0.800. The summed E-state index contributed by atoms with van der Waals surface area (Å²) >= 11 is 0. The van der Waals surface area contributed by atoms with E-state index in [4.69, 9.17) is 9.97 Å². The fourth-order valence-electron chi connectivity index (χ4n) is 3.20. The van der Waals surface area contributed by atoms with Gasteiger partial charge in [-0.3, -0.25) is 9.97 Å². The van der Waals surface area contributed by atoms with Crippen molar-refractivity contribution in [2.45, 2.75) is 104 Å². The highest BCUT2D eigenvalue weighted by atomic mass is 14.8. The van der Waals surface area contributed by atoms with Crippen LogP contribution >= 0.6 is 0 Å². The number of aromatic nitrogens is 2. The third-order valence-electron chi connectivity index (χ3n) is 4.79. The molecule has 126 valence electrons. The van der Waals surface area contributed by atoms with Crippen LogP contribution in [0.15, 0.2) is 12.4 Å². The van der Waals surface area contributed by atoms with Crippen LogP contribution in [-0.2, 0) is 10.8 Å². The van der Waals surface area contributed by atoms with E-state index >= 15 is 0 Å². The molecule has 0 bridgehead atoms. The molecule has 0 aliphatic heterocycles. The molecule has 0 amide bonds. The van der Waals surface area contributed by atoms with Crippen LogP contribution in [0.1, 0.15) is 104 Å². The molecule has 0 unspecified atom stereocenters. The Hall–Kier alpha value is -0.920. The van der Waals surface area contributed by atoms with Crippen LogP contribution in [0.3, 0.4) is 0 Å². The molecule has 2 nitrogen and oxygen atoms in total. The summed E-state index contributed by atoms with van der Waals surface area (Å²) in [4.78, 5) is 9.52. The molecule has 0 saturated heterocycles. The topological polar surface area (TPSA) is 25.8 Å². The Morgan fingerprint density at radius 3 is 1.36 bits per heavy atom. The molecule has 1 aromatic rings. The molecule has 1 rings (SSSR count). The van der Waals surface area contributed by atoms with Crippen LogP contribution < -0.4 is 0 Å². The van der Waals surface area contributed by atoms with Crippen LogP contribution in [0.2, 0.25) is 0 Å². The fourth-order valence-corrected chi connectivity index (χ4v) is 3.20. The van der Waals surface area contributed by atoms with Gasteiger partial charge in [-0.15, -0.1) is 0 Å². The van der Waals surface area contributed by atoms with E-state index in [1.165, 1.54) is 62.8 Å². The van der Waals surface area contributed by atoms with Crippen molar-refractivity contribution in [1.29, 1.82) is 0 Å². The largest absolute Gasteiger partial charge is 0.257 e. The summed E-state index contributed by atoms with van der Waals surface area (Å²) in [5, 5.41) is 0. The van der Waals surface area contributed by atoms with Gasteiger partial charge in [0.05, 0.1) is 11.4 Å². The molecule has 0 spiro atoms. The number of hydrogen-bond acceptors (Lipinski definition) is 2. The van der Waals surface area contributed by atoms with E-state index in [-0.39, 0.29) is 10.8 Å². The lowest BCUT2D eigenvalue weighted by Gasteiger charge is -2.32. The average molecular weight is 305 g/mol. The Labute approximate surface area is 138 Å². The number of rotatable bonds is 10. The second-order valence-corrected chi connectivity index (χ2v) is 7.94. The van der Waals surface area contributed by atoms with E-state index in [9.17, 15) is 0 Å². The third kappa shape index (κ3) is 5.37. The lowest BCUT2D eigenvalue weighted by Crippen LogP contribution is -2.29. The van der Waals surface area contributed by atoms with Gasteiger partial charge in [-0.05, 0) is 12.8 Å². The zero-order valence-electron chi connectivity index (χ0n) is 15.7. The van der Waals surface area contributed by atoms with Crippen molar-refractivity contribution < 1.29 is 0 Å². The number of unbranched alkanes of at least 4 members (excludes halogenated alkanes) is 4. The maximum absolute atomic E-state index is 4.76. The van der Waals surface area contributed by atoms with E-state index in [0.29, 0.717) is 0 Å². The summed E-state index contributed by atoms with van der Waals surface area (Å²) in [5.41, 5.74) is 2.65. The van der Waals surface area contributed by atoms with Gasteiger partial charge in [-0.2, -0.15) is 0 Å². The van der Waals surface area contributed by atoms with Crippen LogP contribution in [-0.4, -0.2) is 9.97 Å². The average Bonchev–Trinajstić information content (AvgIpc) is 2.47. The third-order valence-corrected chi connectivity index (χ3v) is 4.79. The highest BCUT2D eigenvalue weighted by Gasteiger charge is 2.32. The molecular weight excluding hydrogens is 268 g/mol. The van der Waals surface area contributed by atoms with Crippen LogP contribution in [0.5, 0.6) is 0 Å². The Balaban J connectivity index is 2.97. The highest BCUT2D eigenvalue weighted by molar-refractivity contribution is 5.26. The minimum Gasteiger partial charge on any atom is -0.257 e. The SMILES string of the molecule is CCCCCC(C)(C)c1nccnc1C(C)(C)CCCCC. The van der Waals surface area contributed by atoms with E-state index in [1.54, 1.807) is 0 Å². The molecule has 0 saturated carbocycles. The predicted molar refractivity (Wildman–Crippen MR) is 96.4 cm³/mol. The quantitative estimate of drug-likeness (QED) is 0.481. The Morgan fingerprint density at radius 2 is 1.05 bits per heavy atom. The van der Waals surface area contributed by atoms with Crippen molar-refractivity contribution in [2.75, 3.05) is 0 Å². The summed E-state index contributed by atoms with van der Waals surface area (Å²) in [5.74, 6) is 0. The summed E-state index contributed by atoms with van der Waals surface area (Å²) in [7, 11) is 0. The predicted octanol–water partition coefficient (Wildman–Crippen LogP) is 6.19. The van der Waals surface area contributed by atoms with Gasteiger partial charge in [0.25, 0.3) is 0 Å². The molecule has 0 atom stereocenters. The van der Waals surface area contributed by atoms with Crippen molar-refractivity contribution in [3.63, 3.8) is 0 Å². The maximum atomic E-state index is 4.76. The summed E-state index contributed by atoms with van der Waals surface area (Å²) in [6, 6.07) is 0. The van der Waals surface area contributed by atoms with E-state index in [0.717, 1.165) is 0 Å². The van der Waals surface area contributed by atoms with Crippen molar-refractivity contribution in [2.24, 2.45) is 0 Å². The minimum absolute atomic E-state index is 0.112. The van der Waals surface area contributed by atoms with Crippen LogP contribution in [0.25, 0.3) is 0 Å². The molecule has 1 heterocycles. The molecule has 0 aromatic carbocycles. The van der Waals surface area contributed by atoms with Crippen LogP contribution in [0.4, 0.5) is 0 Å². The molecular formula is C20H36N2. The van der Waals surface area contributed by atoms with E-state index < -0.39 is 0 Å². The first-order chi connectivity index (χ1) is 10.3. The summed E-state index contributed by atoms with van der Waals surface area (Å²) in [6.07, 6.45) is 13.8. The molecule has 0 aliphatic carbocycles. The van der Waals surface area contributed by atoms with Crippen molar-refractivity contribution in [3.8, 4) is 0 Å². The molecule has 1 aromatic heterocycles. The van der Waals surface area contributed by atoms with Crippen molar-refractivity contribution in [3.05, 3.63) is 23.8 Å². The summed E-state index contributed by atoms with van der Waals surface area (Å²) in [6.45, 7) is 13.8. The van der Waals surface area contributed by atoms with Gasteiger partial charge in [0.2, 0.25) is 0 Å². The van der Waals surface area contributed by atoms with Gasteiger partial charge in [0.15, 0.2) is 0 Å². The standard InChI is InChI=1S/C20H36N2/c1-7-9-11-13-19(3,4)17-18(22-16-15-21-17)20(5,6)14-12-10-8-2/h15-16H,7-14H2,1-6H3. The molecule has 0 fully saturated rings. The van der Waals surface area contributed by atoms with Gasteiger partial charge >= 0.3 is 0 Å². The maximum Gasteiger partial charge on any atom is 0.0680 e. The minimum atomic E-state index is 0.112. The second kappa shape index (κ2) is 8.64. The van der Waals surface area contributed by atoms with Crippen molar-refractivity contribution in [1.82, 2.24) is 9.97 Å². The monoisotopic (exact) mass is 304 g/mol. The van der Waals surface area contributed by atoms with E-state index in [2.05, 4.69) is 41.5 Å². The first kappa shape index (κ1) is 19.1. The smallest absolute Gasteiger partial charge is 0.0680 e. The number of hydrogen-bond donors (Lipinski definition) is 0. The Bertz CT molecular complexity index is 394.